The first-order chi connectivity index (χ1) is 12.5. The van der Waals surface area contributed by atoms with Gasteiger partial charge >= 0.3 is 0 Å². The Balaban J connectivity index is 1.80. The van der Waals surface area contributed by atoms with Crippen molar-refractivity contribution in [2.75, 3.05) is 14.2 Å². The third kappa shape index (κ3) is 2.50. The average Bonchev–Trinajstić information content (AvgIpc) is 3.17. The number of hydrogen-bond acceptors (Lipinski definition) is 4. The highest BCUT2D eigenvalue weighted by atomic mass is 32.1. The summed E-state index contributed by atoms with van der Waals surface area (Å²) in [6, 6.07) is 10.2. The molecule has 0 radical (unpaired) electrons. The second-order valence-electron chi connectivity index (χ2n) is 6.34. The topological polar surface area (TPSA) is 60.1 Å². The largest absolute Gasteiger partial charge is 0.493 e. The number of nitrogens with zero attached hydrogens (tertiary/aromatic N) is 2. The van der Waals surface area contributed by atoms with Crippen LogP contribution >= 0.6 is 12.2 Å². The zero-order valence-corrected chi connectivity index (χ0v) is 15.2. The first-order valence-corrected chi connectivity index (χ1v) is 8.62. The minimum Gasteiger partial charge on any atom is -0.493 e. The van der Waals surface area contributed by atoms with Crippen molar-refractivity contribution in [2.45, 2.75) is 12.5 Å². The molecule has 26 heavy (non-hydrogen) atoms. The van der Waals surface area contributed by atoms with E-state index >= 15 is 0 Å². The van der Waals surface area contributed by atoms with Gasteiger partial charge in [-0.05, 0) is 54.0 Å². The highest BCUT2D eigenvalue weighted by Gasteiger charge is 2.45. The van der Waals surface area contributed by atoms with Crippen molar-refractivity contribution in [2.24, 2.45) is 16.8 Å². The van der Waals surface area contributed by atoms with Gasteiger partial charge in [-0.2, -0.15) is 5.10 Å². The second kappa shape index (κ2) is 6.25. The molecule has 5 nitrogen and oxygen atoms in total. The third-order valence-electron chi connectivity index (χ3n) is 4.97. The Morgan fingerprint density at radius 2 is 1.85 bits per heavy atom. The van der Waals surface area contributed by atoms with Crippen LogP contribution in [0.5, 0.6) is 11.5 Å². The molecule has 1 aliphatic carbocycles. The first kappa shape index (κ1) is 16.8. The van der Waals surface area contributed by atoms with Gasteiger partial charge in [0.1, 0.15) is 5.82 Å². The monoisotopic (exact) mass is 371 g/mol. The van der Waals surface area contributed by atoms with E-state index in [0.717, 1.165) is 28.8 Å². The number of hydrogen-bond donors (Lipinski definition) is 1. The summed E-state index contributed by atoms with van der Waals surface area (Å²) in [4.78, 5) is 0. The van der Waals surface area contributed by atoms with Gasteiger partial charge in [0.2, 0.25) is 0 Å². The molecule has 0 bridgehead atoms. The molecule has 0 fully saturated rings. The highest BCUT2D eigenvalue weighted by Crippen LogP contribution is 2.46. The van der Waals surface area contributed by atoms with E-state index in [1.807, 2.05) is 12.1 Å². The summed E-state index contributed by atoms with van der Waals surface area (Å²) in [6.45, 7) is 0. The maximum Gasteiger partial charge on any atom is 0.187 e. The zero-order valence-electron chi connectivity index (χ0n) is 14.4. The lowest BCUT2D eigenvalue weighted by atomic mass is 9.90. The molecule has 2 N–H and O–H groups in total. The van der Waals surface area contributed by atoms with Crippen LogP contribution in [0.25, 0.3) is 0 Å². The molecular weight excluding hydrogens is 353 g/mol. The van der Waals surface area contributed by atoms with Crippen molar-refractivity contribution >= 4 is 23.0 Å². The number of benzene rings is 2. The summed E-state index contributed by atoms with van der Waals surface area (Å²) in [5.74, 6) is 1.14. The van der Waals surface area contributed by atoms with Crippen LogP contribution in [-0.4, -0.2) is 30.1 Å². The molecule has 0 spiro atoms. The fourth-order valence-electron chi connectivity index (χ4n) is 3.82. The molecule has 2 atom stereocenters. The maximum absolute atomic E-state index is 13.4. The van der Waals surface area contributed by atoms with Crippen molar-refractivity contribution in [1.82, 2.24) is 5.01 Å². The Kier molecular flexibility index (Phi) is 4.03. The van der Waals surface area contributed by atoms with Crippen LogP contribution in [0, 0.1) is 11.7 Å². The third-order valence-corrected chi connectivity index (χ3v) is 5.16. The lowest BCUT2D eigenvalue weighted by molar-refractivity contribution is 0.318. The van der Waals surface area contributed by atoms with Gasteiger partial charge in [-0.15, -0.1) is 0 Å². The summed E-state index contributed by atoms with van der Waals surface area (Å²) < 4.78 is 24.2. The molecular formula is C19H18FN3O2S. The average molecular weight is 371 g/mol. The van der Waals surface area contributed by atoms with Crippen LogP contribution in [0.1, 0.15) is 22.7 Å². The number of thiocarbonyl (C=S) groups is 1. The van der Waals surface area contributed by atoms with Crippen molar-refractivity contribution in [3.05, 3.63) is 58.9 Å². The van der Waals surface area contributed by atoms with E-state index in [2.05, 4.69) is 0 Å². The van der Waals surface area contributed by atoms with Crippen molar-refractivity contribution < 1.29 is 13.9 Å². The molecule has 0 amide bonds. The van der Waals surface area contributed by atoms with Crippen LogP contribution in [-0.2, 0) is 6.42 Å². The zero-order chi connectivity index (χ0) is 18.4. The fourth-order valence-corrected chi connectivity index (χ4v) is 3.97. The van der Waals surface area contributed by atoms with Gasteiger partial charge < -0.3 is 15.2 Å². The van der Waals surface area contributed by atoms with Crippen molar-refractivity contribution in [1.29, 1.82) is 0 Å². The molecule has 2 aromatic carbocycles. The Morgan fingerprint density at radius 1 is 1.19 bits per heavy atom. The molecule has 2 aromatic rings. The van der Waals surface area contributed by atoms with Crippen LogP contribution in [0.3, 0.4) is 0 Å². The number of hydrazone groups is 1. The van der Waals surface area contributed by atoms with Gasteiger partial charge in [0, 0.05) is 11.5 Å². The minimum absolute atomic E-state index is 0.0776. The predicted molar refractivity (Wildman–Crippen MR) is 101 cm³/mol. The number of methoxy groups -OCH3 is 2. The van der Waals surface area contributed by atoms with Crippen LogP contribution in [0.15, 0.2) is 41.5 Å². The van der Waals surface area contributed by atoms with Gasteiger partial charge in [-0.25, -0.2) is 9.40 Å². The lowest BCUT2D eigenvalue weighted by Crippen LogP contribution is -2.34. The molecule has 0 saturated carbocycles. The van der Waals surface area contributed by atoms with Gasteiger partial charge in [-0.1, -0.05) is 12.1 Å². The molecule has 1 heterocycles. The molecule has 0 saturated heterocycles. The van der Waals surface area contributed by atoms with Crippen molar-refractivity contribution in [3.8, 4) is 11.5 Å². The van der Waals surface area contributed by atoms with Gasteiger partial charge in [0.05, 0.1) is 26.0 Å². The number of halogens is 1. The minimum atomic E-state index is -0.279. The Labute approximate surface area is 156 Å². The van der Waals surface area contributed by atoms with E-state index in [9.17, 15) is 4.39 Å². The summed E-state index contributed by atoms with van der Waals surface area (Å²) in [7, 11) is 3.23. The van der Waals surface area contributed by atoms with Crippen LogP contribution < -0.4 is 15.2 Å². The maximum atomic E-state index is 13.4. The molecule has 134 valence electrons. The van der Waals surface area contributed by atoms with E-state index in [0.29, 0.717) is 11.5 Å². The van der Waals surface area contributed by atoms with Crippen LogP contribution in [0.4, 0.5) is 4.39 Å². The van der Waals surface area contributed by atoms with E-state index in [1.54, 1.807) is 31.4 Å². The second-order valence-corrected chi connectivity index (χ2v) is 6.76. The lowest BCUT2D eigenvalue weighted by Gasteiger charge is -2.26. The predicted octanol–water partition coefficient (Wildman–Crippen LogP) is 3.02. The fraction of sp³-hybridized carbons (Fsp3) is 0.263. The van der Waals surface area contributed by atoms with Crippen LogP contribution in [0.2, 0.25) is 0 Å². The van der Waals surface area contributed by atoms with E-state index in [1.165, 1.54) is 12.1 Å². The quantitative estimate of drug-likeness (QED) is 0.841. The van der Waals surface area contributed by atoms with Crippen molar-refractivity contribution in [3.63, 3.8) is 0 Å². The summed E-state index contributed by atoms with van der Waals surface area (Å²) in [5, 5.41) is 6.55. The molecule has 4 rings (SSSR count). The Hall–Kier alpha value is -2.67. The standard InChI is InChI=1S/C19H18FN3O2S/c1-24-15-8-11-7-14-17(13(11)9-16(15)25-2)22-23(19(21)26)18(14)10-3-5-12(20)6-4-10/h3-6,8-9,14,18H,7H2,1-2H3,(H2,21,26). The van der Waals surface area contributed by atoms with E-state index in [-0.39, 0.29) is 22.9 Å². The number of nitrogens with two attached hydrogens (primary N) is 1. The Bertz CT molecular complexity index is 914. The Morgan fingerprint density at radius 3 is 2.46 bits per heavy atom. The number of ether oxygens (including phenoxy) is 2. The molecule has 7 heteroatoms. The summed E-state index contributed by atoms with van der Waals surface area (Å²) in [6.07, 6.45) is 0.773. The smallest absolute Gasteiger partial charge is 0.187 e. The molecule has 1 aliphatic heterocycles. The van der Waals surface area contributed by atoms with Gasteiger partial charge in [-0.3, -0.25) is 0 Å². The molecule has 0 aromatic heterocycles. The number of fused-ring (bicyclic) bond motifs is 3. The molecule has 2 aliphatic rings. The highest BCUT2D eigenvalue weighted by molar-refractivity contribution is 7.80. The summed E-state index contributed by atoms with van der Waals surface area (Å²) >= 11 is 5.20. The first-order valence-electron chi connectivity index (χ1n) is 8.21. The van der Waals surface area contributed by atoms with Gasteiger partial charge in [0.15, 0.2) is 16.6 Å². The summed E-state index contributed by atoms with van der Waals surface area (Å²) in [5.41, 5.74) is 9.91. The van der Waals surface area contributed by atoms with E-state index < -0.39 is 0 Å². The molecule has 2 unspecified atom stereocenters. The van der Waals surface area contributed by atoms with Gasteiger partial charge in [0.25, 0.3) is 0 Å². The normalized spacial score (nSPS) is 20.4. The SMILES string of the molecule is COc1cc2c(cc1OC)C1=NN(C(N)=S)C(c3ccc(F)cc3)C1C2. The van der Waals surface area contributed by atoms with E-state index in [4.69, 9.17) is 32.5 Å². The number of rotatable bonds is 3.